The smallest absolute Gasteiger partial charge is 0.279 e. The number of quaternary nitrogens is 2. The van der Waals surface area contributed by atoms with Crippen LogP contribution in [0.4, 0.5) is 17.2 Å². The first-order valence-electron chi connectivity index (χ1n) is 11.3. The Morgan fingerprint density at radius 1 is 1.10 bits per heavy atom. The number of aromatic nitrogens is 1. The number of benzene rings is 2. The summed E-state index contributed by atoms with van der Waals surface area (Å²) in [6.07, 6.45) is 0.876. The topological polar surface area (TPSA) is 54.1 Å². The highest BCUT2D eigenvalue weighted by Crippen LogP contribution is 2.40. The van der Waals surface area contributed by atoms with Gasteiger partial charge in [0.05, 0.1) is 18.3 Å². The standard InChI is InChI=1S/C25H29N5O/c1-18-6-5-7-19(16-18)30-11-10-21-24(20-8-3-4-9-22(20)26-25(21)30)27-23(31)17-29-14-12-28(2)13-15-29/h3-9,16H,10-15,17H2,1-2H3,(H,26,27,31)/p+2. The number of hydrogen-bond donors (Lipinski definition) is 3. The van der Waals surface area contributed by atoms with Crippen LogP contribution < -0.4 is 20.0 Å². The van der Waals surface area contributed by atoms with Gasteiger partial charge in [0.1, 0.15) is 32.0 Å². The van der Waals surface area contributed by atoms with Crippen molar-refractivity contribution in [1.82, 2.24) is 4.98 Å². The second-order valence-electron chi connectivity index (χ2n) is 8.98. The Hall–Kier alpha value is -2.96. The summed E-state index contributed by atoms with van der Waals surface area (Å²) in [5, 5.41) is 4.32. The number of amides is 1. The summed E-state index contributed by atoms with van der Waals surface area (Å²) in [5.41, 5.74) is 5.40. The fourth-order valence-corrected chi connectivity index (χ4v) is 4.84. The van der Waals surface area contributed by atoms with E-state index in [2.05, 4.69) is 54.5 Å². The Morgan fingerprint density at radius 3 is 2.71 bits per heavy atom. The highest BCUT2D eigenvalue weighted by atomic mass is 16.2. The number of carbonyl (C=O) groups excluding carboxylic acids is 1. The number of aryl methyl sites for hydroxylation is 1. The summed E-state index contributed by atoms with van der Waals surface area (Å²) in [6.45, 7) is 7.87. The summed E-state index contributed by atoms with van der Waals surface area (Å²) in [7, 11) is 2.23. The SMILES string of the molecule is Cc1cccc(N2CCc3c2nc2ccccc2c3NC(=O)C[NH+]2CC[NH+](C)CC2)c1. The molecule has 6 nitrogen and oxygen atoms in total. The minimum absolute atomic E-state index is 0.0992. The number of carbonyl (C=O) groups is 1. The molecule has 3 aromatic rings. The van der Waals surface area contributed by atoms with E-state index in [1.807, 2.05) is 18.2 Å². The maximum atomic E-state index is 13.0. The minimum Gasteiger partial charge on any atom is -0.328 e. The monoisotopic (exact) mass is 417 g/mol. The number of piperazine rings is 1. The molecule has 5 rings (SSSR count). The van der Waals surface area contributed by atoms with E-state index in [9.17, 15) is 4.79 Å². The van der Waals surface area contributed by atoms with Gasteiger partial charge in [-0.25, -0.2) is 4.98 Å². The average molecular weight is 418 g/mol. The molecule has 0 aliphatic carbocycles. The van der Waals surface area contributed by atoms with Crippen LogP contribution in [0.3, 0.4) is 0 Å². The zero-order valence-electron chi connectivity index (χ0n) is 18.4. The molecular formula is C25H31N5O+2. The fourth-order valence-electron chi connectivity index (χ4n) is 4.84. The number of likely N-dealkylation sites (N-methyl/N-ethyl adjacent to an activating group) is 1. The summed E-state index contributed by atoms with van der Waals surface area (Å²) < 4.78 is 0. The van der Waals surface area contributed by atoms with Crippen molar-refractivity contribution in [2.45, 2.75) is 13.3 Å². The van der Waals surface area contributed by atoms with Gasteiger partial charge >= 0.3 is 0 Å². The van der Waals surface area contributed by atoms with Crippen LogP contribution in [0.5, 0.6) is 0 Å². The Bertz CT molecular complexity index is 1120. The van der Waals surface area contributed by atoms with Crippen molar-refractivity contribution in [3.05, 3.63) is 59.7 Å². The molecule has 0 unspecified atom stereocenters. The Balaban J connectivity index is 1.47. The molecule has 3 heterocycles. The number of anilines is 3. The highest BCUT2D eigenvalue weighted by Gasteiger charge is 2.28. The van der Waals surface area contributed by atoms with Gasteiger partial charge < -0.3 is 20.0 Å². The molecule has 2 aliphatic rings. The molecule has 1 fully saturated rings. The van der Waals surface area contributed by atoms with Crippen LogP contribution in [0.1, 0.15) is 11.1 Å². The van der Waals surface area contributed by atoms with Crippen molar-refractivity contribution in [3.63, 3.8) is 0 Å². The fraction of sp³-hybridized carbons (Fsp3) is 0.360. The van der Waals surface area contributed by atoms with E-state index in [0.29, 0.717) is 6.54 Å². The molecule has 2 aliphatic heterocycles. The number of nitrogens with zero attached hydrogens (tertiary/aromatic N) is 2. The first-order chi connectivity index (χ1) is 15.1. The molecule has 31 heavy (non-hydrogen) atoms. The molecule has 1 aromatic heterocycles. The molecule has 0 saturated carbocycles. The third-order valence-corrected chi connectivity index (χ3v) is 6.61. The molecule has 160 valence electrons. The first kappa shape index (κ1) is 20.0. The van der Waals surface area contributed by atoms with Gasteiger partial charge in [0.2, 0.25) is 0 Å². The van der Waals surface area contributed by atoms with E-state index in [0.717, 1.165) is 72.8 Å². The molecule has 3 N–H and O–H groups in total. The maximum Gasteiger partial charge on any atom is 0.279 e. The van der Waals surface area contributed by atoms with Gasteiger partial charge in [0.15, 0.2) is 6.54 Å². The van der Waals surface area contributed by atoms with E-state index in [-0.39, 0.29) is 5.91 Å². The van der Waals surface area contributed by atoms with Crippen LogP contribution in [-0.2, 0) is 11.2 Å². The number of fused-ring (bicyclic) bond motifs is 2. The van der Waals surface area contributed by atoms with Gasteiger partial charge in [-0.15, -0.1) is 0 Å². The number of rotatable bonds is 4. The van der Waals surface area contributed by atoms with Crippen molar-refractivity contribution in [1.29, 1.82) is 0 Å². The number of para-hydroxylation sites is 1. The van der Waals surface area contributed by atoms with Gasteiger partial charge in [-0.3, -0.25) is 4.79 Å². The van der Waals surface area contributed by atoms with E-state index < -0.39 is 0 Å². The quantitative estimate of drug-likeness (QED) is 0.583. The van der Waals surface area contributed by atoms with Gasteiger partial charge in [-0.2, -0.15) is 0 Å². The summed E-state index contributed by atoms with van der Waals surface area (Å²) in [6, 6.07) is 16.7. The van der Waals surface area contributed by atoms with E-state index >= 15 is 0 Å². The lowest BCUT2D eigenvalue weighted by Crippen LogP contribution is -3.27. The second-order valence-corrected chi connectivity index (χ2v) is 8.98. The molecule has 0 bridgehead atoms. The van der Waals surface area contributed by atoms with E-state index in [1.54, 1.807) is 4.90 Å². The van der Waals surface area contributed by atoms with Crippen LogP contribution in [0.25, 0.3) is 10.9 Å². The minimum atomic E-state index is 0.0992. The molecule has 2 aromatic carbocycles. The van der Waals surface area contributed by atoms with E-state index in [4.69, 9.17) is 4.98 Å². The van der Waals surface area contributed by atoms with Crippen molar-refractivity contribution in [2.75, 3.05) is 56.5 Å². The molecular weight excluding hydrogens is 386 g/mol. The van der Waals surface area contributed by atoms with Crippen molar-refractivity contribution in [3.8, 4) is 0 Å². The molecule has 1 saturated heterocycles. The van der Waals surface area contributed by atoms with Gasteiger partial charge in [0.25, 0.3) is 5.91 Å². The van der Waals surface area contributed by atoms with Crippen LogP contribution in [-0.4, -0.2) is 57.2 Å². The molecule has 0 radical (unpaired) electrons. The van der Waals surface area contributed by atoms with Crippen LogP contribution in [0.15, 0.2) is 48.5 Å². The van der Waals surface area contributed by atoms with Crippen LogP contribution in [0.2, 0.25) is 0 Å². The number of hydrogen-bond acceptors (Lipinski definition) is 3. The normalized spacial score (nSPS) is 20.6. The first-order valence-corrected chi connectivity index (χ1v) is 11.3. The van der Waals surface area contributed by atoms with Crippen molar-refractivity contribution in [2.24, 2.45) is 0 Å². The Kier molecular flexibility index (Phi) is 5.34. The molecule has 1 amide bonds. The predicted octanol–water partition coefficient (Wildman–Crippen LogP) is 0.589. The Morgan fingerprint density at radius 2 is 1.90 bits per heavy atom. The van der Waals surface area contributed by atoms with Gasteiger partial charge in [-0.05, 0) is 37.1 Å². The summed E-state index contributed by atoms with van der Waals surface area (Å²) >= 11 is 0. The Labute approximate surface area is 183 Å². The van der Waals surface area contributed by atoms with Crippen molar-refractivity contribution >= 4 is 34.0 Å². The second kappa shape index (κ2) is 8.29. The lowest BCUT2D eigenvalue weighted by atomic mass is 10.1. The summed E-state index contributed by atoms with van der Waals surface area (Å²) in [5.74, 6) is 1.07. The predicted molar refractivity (Wildman–Crippen MR) is 124 cm³/mol. The average Bonchev–Trinajstić information content (AvgIpc) is 3.19. The lowest BCUT2D eigenvalue weighted by molar-refractivity contribution is -0.999. The maximum absolute atomic E-state index is 13.0. The summed E-state index contributed by atoms with van der Waals surface area (Å²) in [4.78, 5) is 23.2. The molecule has 0 atom stereocenters. The molecule has 6 heteroatoms. The third kappa shape index (κ3) is 4.01. The van der Waals surface area contributed by atoms with Gasteiger partial charge in [-0.1, -0.05) is 30.3 Å². The third-order valence-electron chi connectivity index (χ3n) is 6.61. The number of pyridine rings is 1. The lowest BCUT2D eigenvalue weighted by Gasteiger charge is -2.27. The van der Waals surface area contributed by atoms with Crippen LogP contribution in [0, 0.1) is 6.92 Å². The van der Waals surface area contributed by atoms with Gasteiger partial charge in [0, 0.05) is 23.2 Å². The number of nitrogens with one attached hydrogen (secondary N) is 3. The van der Waals surface area contributed by atoms with Crippen molar-refractivity contribution < 1.29 is 14.6 Å². The van der Waals surface area contributed by atoms with Crippen LogP contribution >= 0.6 is 0 Å². The highest BCUT2D eigenvalue weighted by molar-refractivity contribution is 6.04. The van der Waals surface area contributed by atoms with E-state index in [1.165, 1.54) is 10.5 Å². The zero-order chi connectivity index (χ0) is 21.4. The zero-order valence-corrected chi connectivity index (χ0v) is 18.4. The largest absolute Gasteiger partial charge is 0.328 e. The molecule has 0 spiro atoms.